The number of hydrogen-bond acceptors (Lipinski definition) is 2. The van der Waals surface area contributed by atoms with Crippen LogP contribution in [0.4, 0.5) is 26.3 Å². The van der Waals surface area contributed by atoms with Crippen LogP contribution in [-0.2, 0) is 9.78 Å². The predicted molar refractivity (Wildman–Crippen MR) is 47.2 cm³/mol. The second-order valence-electron chi connectivity index (χ2n) is 3.34. The van der Waals surface area contributed by atoms with E-state index >= 15 is 0 Å². The van der Waals surface area contributed by atoms with Crippen LogP contribution in [0.3, 0.4) is 0 Å². The summed E-state index contributed by atoms with van der Waals surface area (Å²) in [6.07, 6.45) is -11.1. The Bertz CT molecular complexity index is 424. The van der Waals surface area contributed by atoms with Gasteiger partial charge in [0.15, 0.2) is 0 Å². The lowest BCUT2D eigenvalue weighted by Crippen LogP contribution is -2.53. The van der Waals surface area contributed by atoms with Gasteiger partial charge in [0.2, 0.25) is 0 Å². The molecule has 1 nitrogen and oxygen atoms in total. The van der Waals surface area contributed by atoms with Crippen LogP contribution in [0.15, 0.2) is 29.2 Å². The first kappa shape index (κ1) is 12.6. The third-order valence-corrected chi connectivity index (χ3v) is 3.19. The van der Waals surface area contributed by atoms with Crippen LogP contribution in [0.2, 0.25) is 0 Å². The van der Waals surface area contributed by atoms with E-state index in [2.05, 4.69) is 4.18 Å². The molecule has 0 unspecified atom stereocenters. The van der Waals surface area contributed by atoms with Crippen molar-refractivity contribution in [1.82, 2.24) is 0 Å². The molecule has 8 heteroatoms. The van der Waals surface area contributed by atoms with Crippen molar-refractivity contribution < 1.29 is 30.5 Å². The predicted octanol–water partition coefficient (Wildman–Crippen LogP) is 4.04. The van der Waals surface area contributed by atoms with Crippen molar-refractivity contribution in [3.05, 3.63) is 29.8 Å². The smallest absolute Gasteiger partial charge is 0.280 e. The van der Waals surface area contributed by atoms with E-state index in [-0.39, 0.29) is 16.9 Å². The molecular weight excluding hydrogens is 270 g/mol. The molecule has 0 atom stereocenters. The zero-order chi connectivity index (χ0) is 12.9. The largest absolute Gasteiger partial charge is 0.432 e. The average Bonchev–Trinajstić information content (AvgIpc) is 2.55. The summed E-state index contributed by atoms with van der Waals surface area (Å²) in [7, 11) is 0. The molecule has 0 fully saturated rings. The summed E-state index contributed by atoms with van der Waals surface area (Å²) in [6.45, 7) is 0. The SMILES string of the molecule is FC(F)(F)C1(C(F)(F)F)OSc2ccccc21. The zero-order valence-electron chi connectivity index (χ0n) is 7.89. The fourth-order valence-electron chi connectivity index (χ4n) is 1.54. The number of alkyl halides is 6. The van der Waals surface area contributed by atoms with Gasteiger partial charge in [-0.1, -0.05) is 18.2 Å². The third kappa shape index (κ3) is 1.61. The molecular formula is C9H4F6OS. The van der Waals surface area contributed by atoms with Gasteiger partial charge in [-0.05, 0) is 6.07 Å². The molecule has 0 saturated heterocycles. The maximum atomic E-state index is 12.7. The summed E-state index contributed by atoms with van der Waals surface area (Å²) in [5, 5.41) is 0. The van der Waals surface area contributed by atoms with Gasteiger partial charge in [0.05, 0.1) is 0 Å². The first-order chi connectivity index (χ1) is 7.70. The molecule has 17 heavy (non-hydrogen) atoms. The minimum atomic E-state index is -5.56. The van der Waals surface area contributed by atoms with Gasteiger partial charge in [-0.2, -0.15) is 26.3 Å². The van der Waals surface area contributed by atoms with E-state index in [4.69, 9.17) is 0 Å². The van der Waals surface area contributed by atoms with Crippen molar-refractivity contribution in [1.29, 1.82) is 0 Å². The van der Waals surface area contributed by atoms with Crippen molar-refractivity contribution in [3.8, 4) is 0 Å². The molecule has 0 saturated carbocycles. The Morgan fingerprint density at radius 2 is 1.47 bits per heavy atom. The van der Waals surface area contributed by atoms with Gasteiger partial charge in [0.1, 0.15) is 0 Å². The summed E-state index contributed by atoms with van der Waals surface area (Å²) in [5.74, 6) is 0. The minimum Gasteiger partial charge on any atom is -0.280 e. The first-order valence-corrected chi connectivity index (χ1v) is 5.03. The lowest BCUT2D eigenvalue weighted by Gasteiger charge is -2.32. The van der Waals surface area contributed by atoms with Gasteiger partial charge in [0.25, 0.3) is 5.60 Å². The molecule has 0 aliphatic carbocycles. The monoisotopic (exact) mass is 274 g/mol. The quantitative estimate of drug-likeness (QED) is 0.521. The van der Waals surface area contributed by atoms with Crippen LogP contribution in [0.25, 0.3) is 0 Å². The van der Waals surface area contributed by atoms with Gasteiger partial charge >= 0.3 is 12.4 Å². The maximum Gasteiger partial charge on any atom is 0.432 e. The zero-order valence-corrected chi connectivity index (χ0v) is 8.71. The Labute approximate surface area is 96.0 Å². The summed E-state index contributed by atoms with van der Waals surface area (Å²) in [6, 6.07) is 4.38. The van der Waals surface area contributed by atoms with Crippen molar-refractivity contribution in [2.75, 3.05) is 0 Å². The molecule has 1 heterocycles. The van der Waals surface area contributed by atoms with Crippen molar-refractivity contribution >= 4 is 12.0 Å². The van der Waals surface area contributed by atoms with E-state index in [1.807, 2.05) is 0 Å². The van der Waals surface area contributed by atoms with Crippen LogP contribution in [0, 0.1) is 0 Å². The fourth-order valence-corrected chi connectivity index (χ4v) is 2.47. The van der Waals surface area contributed by atoms with E-state index in [1.54, 1.807) is 0 Å². The number of fused-ring (bicyclic) bond motifs is 1. The molecule has 0 aromatic heterocycles. The molecule has 0 spiro atoms. The maximum absolute atomic E-state index is 12.7. The number of hydrogen-bond donors (Lipinski definition) is 0. The Balaban J connectivity index is 2.68. The molecule has 1 aromatic carbocycles. The fraction of sp³-hybridized carbons (Fsp3) is 0.333. The second kappa shape index (κ2) is 3.55. The Morgan fingerprint density at radius 3 is 2.00 bits per heavy atom. The van der Waals surface area contributed by atoms with Crippen molar-refractivity contribution in [3.63, 3.8) is 0 Å². The molecule has 2 rings (SSSR count). The number of benzene rings is 1. The average molecular weight is 274 g/mol. The van der Waals surface area contributed by atoms with E-state index < -0.39 is 23.5 Å². The van der Waals surface area contributed by atoms with Gasteiger partial charge in [0, 0.05) is 22.5 Å². The first-order valence-electron chi connectivity index (χ1n) is 4.29. The van der Waals surface area contributed by atoms with E-state index in [9.17, 15) is 26.3 Å². The van der Waals surface area contributed by atoms with Crippen LogP contribution in [0.1, 0.15) is 5.56 Å². The molecule has 1 aliphatic heterocycles. The highest BCUT2D eigenvalue weighted by Crippen LogP contribution is 2.60. The molecule has 1 aliphatic rings. The van der Waals surface area contributed by atoms with Crippen LogP contribution >= 0.6 is 12.0 Å². The van der Waals surface area contributed by atoms with Gasteiger partial charge in [-0.15, -0.1) is 0 Å². The normalized spacial score (nSPS) is 19.2. The van der Waals surface area contributed by atoms with Crippen molar-refractivity contribution in [2.24, 2.45) is 0 Å². The summed E-state index contributed by atoms with van der Waals surface area (Å²) < 4.78 is 80.4. The highest BCUT2D eigenvalue weighted by molar-refractivity contribution is 7.95. The Kier molecular flexibility index (Phi) is 2.62. The van der Waals surface area contributed by atoms with E-state index in [0.717, 1.165) is 18.2 Å². The number of rotatable bonds is 0. The van der Waals surface area contributed by atoms with Gasteiger partial charge in [-0.3, -0.25) is 4.18 Å². The van der Waals surface area contributed by atoms with Crippen LogP contribution < -0.4 is 0 Å². The lowest BCUT2D eigenvalue weighted by molar-refractivity contribution is -0.360. The topological polar surface area (TPSA) is 9.23 Å². The molecule has 1 aromatic rings. The molecule has 0 N–H and O–H groups in total. The Morgan fingerprint density at radius 1 is 0.941 bits per heavy atom. The van der Waals surface area contributed by atoms with Gasteiger partial charge in [-0.25, -0.2) is 0 Å². The molecule has 0 amide bonds. The highest BCUT2D eigenvalue weighted by atomic mass is 32.2. The molecule has 0 radical (unpaired) electrons. The van der Waals surface area contributed by atoms with Crippen LogP contribution in [-0.4, -0.2) is 12.4 Å². The third-order valence-electron chi connectivity index (χ3n) is 2.32. The number of halogens is 6. The standard InChI is InChI=1S/C9H4F6OS/c10-8(11,12)7(9(13,14)15)5-3-1-2-4-6(5)17-16-7/h1-4H. The highest BCUT2D eigenvalue weighted by Gasteiger charge is 2.76. The molecule has 94 valence electrons. The Hall–Kier alpha value is -0.890. The van der Waals surface area contributed by atoms with E-state index in [1.165, 1.54) is 6.07 Å². The minimum absolute atomic E-state index is 0.0886. The van der Waals surface area contributed by atoms with E-state index in [0.29, 0.717) is 0 Å². The summed E-state index contributed by atoms with van der Waals surface area (Å²) in [5.41, 5.74) is -5.15. The van der Waals surface area contributed by atoms with Gasteiger partial charge < -0.3 is 0 Å². The van der Waals surface area contributed by atoms with Crippen molar-refractivity contribution in [2.45, 2.75) is 22.8 Å². The molecule has 0 bridgehead atoms. The second-order valence-corrected chi connectivity index (χ2v) is 4.11. The lowest BCUT2D eigenvalue weighted by atomic mass is 9.92. The summed E-state index contributed by atoms with van der Waals surface area (Å²) in [4.78, 5) is -0.179. The van der Waals surface area contributed by atoms with Crippen LogP contribution in [0.5, 0.6) is 0 Å². The summed E-state index contributed by atoms with van der Waals surface area (Å²) >= 11 is 0.0886.